The maximum Gasteiger partial charge on any atom is 0.339 e. The van der Waals surface area contributed by atoms with E-state index in [0.29, 0.717) is 18.4 Å². The van der Waals surface area contributed by atoms with Crippen LogP contribution in [-0.2, 0) is 0 Å². The van der Waals surface area contributed by atoms with E-state index in [-0.39, 0.29) is 22.9 Å². The van der Waals surface area contributed by atoms with Gasteiger partial charge < -0.3 is 10.4 Å². The summed E-state index contributed by atoms with van der Waals surface area (Å²) in [6.07, 6.45) is 4.19. The Kier molecular flexibility index (Phi) is 6.08. The monoisotopic (exact) mass is 450 g/mol. The first kappa shape index (κ1) is 19.3. The molecule has 0 saturated heterocycles. The summed E-state index contributed by atoms with van der Waals surface area (Å²) in [6, 6.07) is 6.73. The third kappa shape index (κ3) is 4.84. The number of benzene rings is 1. The highest BCUT2D eigenvalue weighted by molar-refractivity contribution is 9.10. The van der Waals surface area contributed by atoms with Crippen molar-refractivity contribution in [1.82, 2.24) is 5.32 Å². The SMILES string of the molecule is O=C(NCC1=CC(F)=CCC1)Nc1scc(-c2ccc(Br)cc2)c1C(=O)O. The molecule has 5 nitrogen and oxygen atoms in total. The van der Waals surface area contributed by atoms with Crippen LogP contribution in [0.4, 0.5) is 14.2 Å². The zero-order valence-electron chi connectivity index (χ0n) is 14.1. The fourth-order valence-electron chi connectivity index (χ4n) is 2.71. The van der Waals surface area contributed by atoms with Gasteiger partial charge in [-0.3, -0.25) is 5.32 Å². The van der Waals surface area contributed by atoms with Crippen molar-refractivity contribution in [2.45, 2.75) is 12.8 Å². The van der Waals surface area contributed by atoms with Gasteiger partial charge in [0.2, 0.25) is 0 Å². The van der Waals surface area contributed by atoms with Crippen molar-refractivity contribution in [3.63, 3.8) is 0 Å². The Bertz CT molecular complexity index is 935. The number of urea groups is 1. The third-order valence-corrected chi connectivity index (χ3v) is 5.43. The Morgan fingerprint density at radius 2 is 2.00 bits per heavy atom. The van der Waals surface area contributed by atoms with Gasteiger partial charge in [0.15, 0.2) is 0 Å². The van der Waals surface area contributed by atoms with Gasteiger partial charge in [0.25, 0.3) is 0 Å². The molecule has 3 N–H and O–H groups in total. The third-order valence-electron chi connectivity index (χ3n) is 4.01. The van der Waals surface area contributed by atoms with Crippen LogP contribution in [0.3, 0.4) is 0 Å². The number of carboxylic acids is 1. The lowest BCUT2D eigenvalue weighted by molar-refractivity contribution is 0.0699. The van der Waals surface area contributed by atoms with E-state index in [1.807, 2.05) is 12.1 Å². The molecule has 2 aromatic rings. The van der Waals surface area contributed by atoms with Crippen LogP contribution < -0.4 is 10.6 Å². The molecule has 0 fully saturated rings. The van der Waals surface area contributed by atoms with Gasteiger partial charge in [0, 0.05) is 22.0 Å². The maximum absolute atomic E-state index is 13.2. The number of aromatic carboxylic acids is 1. The molecule has 0 bridgehead atoms. The maximum atomic E-state index is 13.2. The standard InChI is InChI=1S/C19H16BrFN2O3S/c20-13-6-4-12(5-7-13)15-10-27-17(16(15)18(24)25)23-19(26)22-9-11-2-1-3-14(21)8-11/h3-8,10H,1-2,9H2,(H,24,25)(H2,22,23,26). The van der Waals surface area contributed by atoms with Crippen LogP contribution in [0.5, 0.6) is 0 Å². The molecule has 0 radical (unpaired) electrons. The molecule has 0 atom stereocenters. The van der Waals surface area contributed by atoms with Crippen molar-refractivity contribution in [3.05, 3.63) is 63.2 Å². The number of rotatable bonds is 5. The highest BCUT2D eigenvalue weighted by Gasteiger charge is 2.21. The van der Waals surface area contributed by atoms with Gasteiger partial charge in [-0.2, -0.15) is 0 Å². The summed E-state index contributed by atoms with van der Waals surface area (Å²) in [5, 5.41) is 16.8. The van der Waals surface area contributed by atoms with E-state index in [4.69, 9.17) is 0 Å². The summed E-state index contributed by atoms with van der Waals surface area (Å²) in [5.74, 6) is -1.42. The second-order valence-electron chi connectivity index (χ2n) is 5.90. The molecule has 1 heterocycles. The van der Waals surface area contributed by atoms with E-state index in [2.05, 4.69) is 26.6 Å². The summed E-state index contributed by atoms with van der Waals surface area (Å²) in [4.78, 5) is 23.9. The van der Waals surface area contributed by atoms with Crippen LogP contribution in [0.1, 0.15) is 23.2 Å². The number of allylic oxidation sites excluding steroid dienone is 3. The van der Waals surface area contributed by atoms with Gasteiger partial charge in [0.1, 0.15) is 16.4 Å². The molecule has 0 spiro atoms. The lowest BCUT2D eigenvalue weighted by Gasteiger charge is -2.12. The number of nitrogens with one attached hydrogen (secondary N) is 2. The van der Waals surface area contributed by atoms with Crippen molar-refractivity contribution >= 4 is 44.3 Å². The van der Waals surface area contributed by atoms with Crippen LogP contribution in [-0.4, -0.2) is 23.7 Å². The lowest BCUT2D eigenvalue weighted by atomic mass is 10.0. The first-order valence-electron chi connectivity index (χ1n) is 8.14. The Hall–Kier alpha value is -2.45. The molecule has 0 aliphatic heterocycles. The van der Waals surface area contributed by atoms with Crippen molar-refractivity contribution in [2.24, 2.45) is 0 Å². The Balaban J connectivity index is 1.73. The minimum absolute atomic E-state index is 0.0448. The van der Waals surface area contributed by atoms with Crippen molar-refractivity contribution < 1.29 is 19.1 Å². The summed E-state index contributed by atoms with van der Waals surface area (Å²) in [6.45, 7) is 0.209. The second-order valence-corrected chi connectivity index (χ2v) is 7.70. The minimum atomic E-state index is -1.12. The zero-order chi connectivity index (χ0) is 19.4. The molecule has 1 aromatic carbocycles. The predicted molar refractivity (Wildman–Crippen MR) is 108 cm³/mol. The first-order chi connectivity index (χ1) is 12.9. The average molecular weight is 451 g/mol. The number of anilines is 1. The predicted octanol–water partition coefficient (Wildman–Crippen LogP) is 5.57. The highest BCUT2D eigenvalue weighted by atomic mass is 79.9. The molecule has 1 aromatic heterocycles. The number of carbonyl (C=O) groups excluding carboxylic acids is 1. The normalized spacial score (nSPS) is 13.6. The smallest absolute Gasteiger partial charge is 0.339 e. The average Bonchev–Trinajstić information content (AvgIpc) is 3.04. The van der Waals surface area contributed by atoms with Crippen LogP contribution >= 0.6 is 27.3 Å². The van der Waals surface area contributed by atoms with Gasteiger partial charge in [0.05, 0.1) is 0 Å². The summed E-state index contributed by atoms with van der Waals surface area (Å²) in [7, 11) is 0. The molecule has 0 saturated carbocycles. The van der Waals surface area contributed by atoms with Gasteiger partial charge in [-0.25, -0.2) is 14.0 Å². The van der Waals surface area contributed by atoms with E-state index in [1.54, 1.807) is 17.5 Å². The molecule has 1 aliphatic carbocycles. The number of halogens is 2. The van der Waals surface area contributed by atoms with Crippen LogP contribution in [0, 0.1) is 0 Å². The Morgan fingerprint density at radius 3 is 2.67 bits per heavy atom. The first-order valence-corrected chi connectivity index (χ1v) is 9.82. The molecule has 1 aliphatic rings. The van der Waals surface area contributed by atoms with E-state index in [1.165, 1.54) is 12.2 Å². The van der Waals surface area contributed by atoms with E-state index in [0.717, 1.165) is 26.9 Å². The minimum Gasteiger partial charge on any atom is -0.478 e. The summed E-state index contributed by atoms with van der Waals surface area (Å²) in [5.41, 5.74) is 2.11. The van der Waals surface area contributed by atoms with Crippen LogP contribution in [0.25, 0.3) is 11.1 Å². The highest BCUT2D eigenvalue weighted by Crippen LogP contribution is 2.36. The topological polar surface area (TPSA) is 78.4 Å². The fraction of sp³-hybridized carbons (Fsp3) is 0.158. The number of amides is 2. The molecule has 3 rings (SSSR count). The second kappa shape index (κ2) is 8.49. The number of hydrogen-bond donors (Lipinski definition) is 3. The van der Waals surface area contributed by atoms with E-state index < -0.39 is 12.0 Å². The molecular weight excluding hydrogens is 435 g/mol. The largest absolute Gasteiger partial charge is 0.478 e. The van der Waals surface area contributed by atoms with Crippen molar-refractivity contribution in [2.75, 3.05) is 11.9 Å². The fourth-order valence-corrected chi connectivity index (χ4v) is 3.93. The number of hydrogen-bond acceptors (Lipinski definition) is 3. The molecule has 0 unspecified atom stereocenters. The summed E-state index contributed by atoms with van der Waals surface area (Å²) < 4.78 is 14.1. The zero-order valence-corrected chi connectivity index (χ0v) is 16.5. The number of thiophene rings is 1. The quantitative estimate of drug-likeness (QED) is 0.556. The van der Waals surface area contributed by atoms with Gasteiger partial charge in [-0.05, 0) is 48.3 Å². The molecule has 27 heavy (non-hydrogen) atoms. The van der Waals surface area contributed by atoms with E-state index in [9.17, 15) is 19.1 Å². The molecule has 8 heteroatoms. The molecule has 140 valence electrons. The number of carbonyl (C=O) groups is 2. The summed E-state index contributed by atoms with van der Waals surface area (Å²) >= 11 is 4.49. The Labute approximate surface area is 167 Å². The molecule has 2 amide bonds. The van der Waals surface area contributed by atoms with Gasteiger partial charge in [-0.15, -0.1) is 11.3 Å². The van der Waals surface area contributed by atoms with Crippen molar-refractivity contribution in [3.8, 4) is 11.1 Å². The van der Waals surface area contributed by atoms with Gasteiger partial charge >= 0.3 is 12.0 Å². The Morgan fingerprint density at radius 1 is 1.26 bits per heavy atom. The van der Waals surface area contributed by atoms with E-state index >= 15 is 0 Å². The van der Waals surface area contributed by atoms with Gasteiger partial charge in [-0.1, -0.05) is 28.1 Å². The van der Waals surface area contributed by atoms with Crippen LogP contribution in [0.2, 0.25) is 0 Å². The van der Waals surface area contributed by atoms with Crippen LogP contribution in [0.15, 0.2) is 57.7 Å². The van der Waals surface area contributed by atoms with Crippen molar-refractivity contribution in [1.29, 1.82) is 0 Å². The number of carboxylic acid groups (broad SMARTS) is 1. The lowest BCUT2D eigenvalue weighted by Crippen LogP contribution is -2.30. The molecular formula is C19H16BrFN2O3S.